The fraction of sp³-hybridized carbons (Fsp3) is 0.375. The van der Waals surface area contributed by atoms with Crippen molar-refractivity contribution >= 4 is 24.0 Å². The zero-order chi connectivity index (χ0) is 17.1. The number of primary amides is 1. The number of nitrogens with two attached hydrogens (primary N) is 1. The highest BCUT2D eigenvalue weighted by Crippen LogP contribution is 2.08. The second kappa shape index (κ2) is 10.1. The zero-order valence-electron chi connectivity index (χ0n) is 12.7. The number of carbonyl (C=O) groups is 4. The lowest BCUT2D eigenvalue weighted by Gasteiger charge is -2.03. The molecule has 0 fully saturated rings. The molecule has 2 N–H and O–H groups in total. The number of amides is 1. The Morgan fingerprint density at radius 1 is 0.783 bits per heavy atom. The molecule has 0 saturated carbocycles. The minimum Gasteiger partial charge on any atom is -0.389 e. The van der Waals surface area contributed by atoms with Crippen LogP contribution in [0.2, 0.25) is 0 Å². The van der Waals surface area contributed by atoms with E-state index in [4.69, 9.17) is 10.5 Å². The summed E-state index contributed by atoms with van der Waals surface area (Å²) in [6, 6.07) is 8.27. The first-order valence-electron chi connectivity index (χ1n) is 7.29. The Bertz CT molecular complexity index is 555. The average Bonchev–Trinajstić information content (AvgIpc) is 2.50. The van der Waals surface area contributed by atoms with Gasteiger partial charge in [-0.25, -0.2) is 9.59 Å². The SMILES string of the molecule is NC(=O)OC(=O)CCCCCCC(=O)OC(=O)c1ccccc1. The van der Waals surface area contributed by atoms with Crippen LogP contribution < -0.4 is 5.73 Å². The lowest BCUT2D eigenvalue weighted by atomic mass is 10.1. The Labute approximate surface area is 133 Å². The minimum atomic E-state index is -1.11. The van der Waals surface area contributed by atoms with Crippen molar-refractivity contribution in [3.63, 3.8) is 0 Å². The van der Waals surface area contributed by atoms with Gasteiger partial charge >= 0.3 is 24.0 Å². The first-order chi connectivity index (χ1) is 11.0. The van der Waals surface area contributed by atoms with Crippen molar-refractivity contribution < 1.29 is 28.7 Å². The smallest absolute Gasteiger partial charge is 0.389 e. The van der Waals surface area contributed by atoms with Gasteiger partial charge in [-0.05, 0) is 25.0 Å². The van der Waals surface area contributed by atoms with E-state index in [0.717, 1.165) is 0 Å². The molecule has 0 aromatic heterocycles. The summed E-state index contributed by atoms with van der Waals surface area (Å²) in [5.41, 5.74) is 5.03. The van der Waals surface area contributed by atoms with Crippen LogP contribution in [-0.2, 0) is 19.1 Å². The molecular weight excluding hydrogens is 302 g/mol. The maximum Gasteiger partial charge on any atom is 0.412 e. The monoisotopic (exact) mass is 321 g/mol. The molecule has 0 saturated heterocycles. The van der Waals surface area contributed by atoms with E-state index >= 15 is 0 Å². The minimum absolute atomic E-state index is 0.0971. The van der Waals surface area contributed by atoms with Gasteiger partial charge in [-0.2, -0.15) is 0 Å². The fourth-order valence-corrected chi connectivity index (χ4v) is 1.84. The van der Waals surface area contributed by atoms with E-state index in [-0.39, 0.29) is 12.8 Å². The summed E-state index contributed by atoms with van der Waals surface area (Å²) in [4.78, 5) is 44.5. The van der Waals surface area contributed by atoms with Crippen molar-refractivity contribution in [3.8, 4) is 0 Å². The molecule has 23 heavy (non-hydrogen) atoms. The van der Waals surface area contributed by atoms with E-state index in [1.165, 1.54) is 0 Å². The highest BCUT2D eigenvalue weighted by Gasteiger charge is 2.12. The normalized spacial score (nSPS) is 9.91. The molecule has 0 unspecified atom stereocenters. The molecule has 0 atom stereocenters. The van der Waals surface area contributed by atoms with Crippen LogP contribution >= 0.6 is 0 Å². The van der Waals surface area contributed by atoms with Crippen LogP contribution in [0.4, 0.5) is 4.79 Å². The van der Waals surface area contributed by atoms with Gasteiger partial charge in [0.15, 0.2) is 0 Å². The lowest BCUT2D eigenvalue weighted by molar-refractivity contribution is -0.139. The number of rotatable bonds is 8. The summed E-state index contributed by atoms with van der Waals surface area (Å²) in [6.45, 7) is 0. The summed E-state index contributed by atoms with van der Waals surface area (Å²) >= 11 is 0. The van der Waals surface area contributed by atoms with Crippen LogP contribution in [-0.4, -0.2) is 24.0 Å². The van der Waals surface area contributed by atoms with E-state index in [0.29, 0.717) is 31.2 Å². The third-order valence-electron chi connectivity index (χ3n) is 2.94. The molecule has 0 aliphatic heterocycles. The van der Waals surface area contributed by atoms with Crippen LogP contribution in [0.3, 0.4) is 0 Å². The van der Waals surface area contributed by atoms with Crippen LogP contribution in [0.5, 0.6) is 0 Å². The number of ether oxygens (including phenoxy) is 2. The van der Waals surface area contributed by atoms with Gasteiger partial charge in [-0.1, -0.05) is 31.0 Å². The maximum absolute atomic E-state index is 11.6. The second-order valence-corrected chi connectivity index (χ2v) is 4.83. The van der Waals surface area contributed by atoms with Crippen molar-refractivity contribution in [1.29, 1.82) is 0 Å². The zero-order valence-corrected chi connectivity index (χ0v) is 12.7. The number of esters is 3. The summed E-state index contributed by atoms with van der Waals surface area (Å²) in [7, 11) is 0. The fourth-order valence-electron chi connectivity index (χ4n) is 1.84. The second-order valence-electron chi connectivity index (χ2n) is 4.83. The van der Waals surface area contributed by atoms with Crippen LogP contribution in [0.25, 0.3) is 0 Å². The third-order valence-corrected chi connectivity index (χ3v) is 2.94. The molecule has 1 rings (SSSR count). The van der Waals surface area contributed by atoms with Gasteiger partial charge in [0.1, 0.15) is 0 Å². The molecule has 0 bridgehead atoms. The quantitative estimate of drug-likeness (QED) is 0.446. The first kappa shape index (κ1) is 18.3. The third kappa shape index (κ3) is 8.35. The Morgan fingerprint density at radius 2 is 1.30 bits per heavy atom. The molecule has 0 spiro atoms. The molecule has 0 aliphatic carbocycles. The Kier molecular flexibility index (Phi) is 8.06. The molecule has 124 valence electrons. The lowest BCUT2D eigenvalue weighted by Crippen LogP contribution is -2.18. The van der Waals surface area contributed by atoms with Gasteiger partial charge in [-0.15, -0.1) is 0 Å². The van der Waals surface area contributed by atoms with E-state index in [1.807, 2.05) is 0 Å². The van der Waals surface area contributed by atoms with Gasteiger partial charge in [0.2, 0.25) is 0 Å². The van der Waals surface area contributed by atoms with Crippen molar-refractivity contribution in [2.24, 2.45) is 5.73 Å². The first-order valence-corrected chi connectivity index (χ1v) is 7.29. The predicted octanol–water partition coefficient (Wildman–Crippen LogP) is 2.33. The predicted molar refractivity (Wildman–Crippen MR) is 80.2 cm³/mol. The number of hydrogen-bond acceptors (Lipinski definition) is 6. The number of carbonyl (C=O) groups excluding carboxylic acids is 4. The number of benzene rings is 1. The maximum atomic E-state index is 11.6. The average molecular weight is 321 g/mol. The van der Waals surface area contributed by atoms with Gasteiger partial charge in [0.25, 0.3) is 0 Å². The van der Waals surface area contributed by atoms with Crippen molar-refractivity contribution in [3.05, 3.63) is 35.9 Å². The van der Waals surface area contributed by atoms with Crippen LogP contribution in [0.1, 0.15) is 48.9 Å². The van der Waals surface area contributed by atoms with E-state index in [2.05, 4.69) is 4.74 Å². The topological polar surface area (TPSA) is 113 Å². The van der Waals surface area contributed by atoms with Gasteiger partial charge in [0, 0.05) is 12.8 Å². The molecule has 1 aromatic carbocycles. The van der Waals surface area contributed by atoms with E-state index in [9.17, 15) is 19.2 Å². The highest BCUT2D eigenvalue weighted by molar-refractivity contribution is 5.96. The largest absolute Gasteiger partial charge is 0.412 e. The van der Waals surface area contributed by atoms with Gasteiger partial charge in [0.05, 0.1) is 5.56 Å². The summed E-state index contributed by atoms with van der Waals surface area (Å²) < 4.78 is 8.89. The van der Waals surface area contributed by atoms with Crippen molar-refractivity contribution in [2.45, 2.75) is 38.5 Å². The molecule has 1 aromatic rings. The molecule has 0 heterocycles. The molecule has 1 amide bonds. The molecule has 7 nitrogen and oxygen atoms in total. The number of unbranched alkanes of at least 4 members (excludes halogenated alkanes) is 3. The Hall–Kier alpha value is -2.70. The van der Waals surface area contributed by atoms with E-state index < -0.39 is 24.0 Å². The summed E-state index contributed by atoms with van der Waals surface area (Å²) in [6.07, 6.45) is 1.58. The van der Waals surface area contributed by atoms with Gasteiger partial charge in [-0.3, -0.25) is 9.59 Å². The van der Waals surface area contributed by atoms with Gasteiger partial charge < -0.3 is 15.2 Å². The summed E-state index contributed by atoms with van der Waals surface area (Å²) in [5.74, 6) is -1.90. The summed E-state index contributed by atoms with van der Waals surface area (Å²) in [5, 5.41) is 0. The Balaban J connectivity index is 2.09. The standard InChI is InChI=1S/C16H19NO6/c17-16(21)23-14(19)11-7-2-1-6-10-13(18)22-15(20)12-8-4-3-5-9-12/h3-5,8-9H,1-2,6-7,10-11H2,(H2,17,21). The molecule has 0 radical (unpaired) electrons. The molecular formula is C16H19NO6. The molecule has 0 aliphatic rings. The van der Waals surface area contributed by atoms with Crippen molar-refractivity contribution in [1.82, 2.24) is 0 Å². The highest BCUT2D eigenvalue weighted by atomic mass is 16.6. The Morgan fingerprint density at radius 3 is 1.83 bits per heavy atom. The molecule has 7 heteroatoms. The number of hydrogen-bond donors (Lipinski definition) is 1. The van der Waals surface area contributed by atoms with E-state index in [1.54, 1.807) is 30.3 Å². The van der Waals surface area contributed by atoms with Crippen molar-refractivity contribution in [2.75, 3.05) is 0 Å². The van der Waals surface area contributed by atoms with Crippen LogP contribution in [0, 0.1) is 0 Å². The van der Waals surface area contributed by atoms with Crippen LogP contribution in [0.15, 0.2) is 30.3 Å².